The van der Waals surface area contributed by atoms with Crippen LogP contribution >= 0.6 is 0 Å². The van der Waals surface area contributed by atoms with Crippen molar-refractivity contribution in [2.75, 3.05) is 30.3 Å². The Morgan fingerprint density at radius 2 is 1.13 bits per heavy atom. The Balaban J connectivity index is 0.000000158. The number of fused-ring (bicyclic) bond motifs is 6. The van der Waals surface area contributed by atoms with E-state index in [9.17, 15) is 20.1 Å². The normalized spacial score (nSPS) is 13.3. The third-order valence-corrected chi connectivity index (χ3v) is 10.8. The smallest absolute Gasteiger partial charge is 0.251 e. The quantitative estimate of drug-likeness (QED) is 0.0805. The molecule has 0 bridgehead atoms. The van der Waals surface area contributed by atoms with Gasteiger partial charge in [-0.3, -0.25) is 18.4 Å². The van der Waals surface area contributed by atoms with Gasteiger partial charge in [-0.25, -0.2) is 19.9 Å². The van der Waals surface area contributed by atoms with Gasteiger partial charge in [-0.05, 0) is 99.7 Å². The van der Waals surface area contributed by atoms with Gasteiger partial charge in [-0.1, -0.05) is 24.3 Å². The van der Waals surface area contributed by atoms with Gasteiger partial charge in [-0.15, -0.1) is 0 Å². The lowest BCUT2D eigenvalue weighted by Crippen LogP contribution is -2.25. The summed E-state index contributed by atoms with van der Waals surface area (Å²) in [5, 5.41) is 40.2. The molecule has 2 amide bonds. The van der Waals surface area contributed by atoms with Gasteiger partial charge in [0.1, 0.15) is 0 Å². The highest BCUT2D eigenvalue weighted by Crippen LogP contribution is 2.31. The Hall–Kier alpha value is -7.88. The second kappa shape index (κ2) is 17.0. The van der Waals surface area contributed by atoms with Gasteiger partial charge in [0.15, 0.2) is 22.9 Å². The number of imidazole rings is 2. The average Bonchev–Trinajstić information content (AvgIpc) is 4.22. The van der Waals surface area contributed by atoms with Gasteiger partial charge in [0, 0.05) is 54.0 Å². The maximum absolute atomic E-state index is 12.3. The summed E-state index contributed by atoms with van der Waals surface area (Å²) >= 11 is 0. The Labute approximate surface area is 356 Å². The average molecular weight is 823 g/mol. The fraction of sp³-hybridized carbons (Fsp3) is 0.234. The fourth-order valence-corrected chi connectivity index (χ4v) is 7.28. The lowest BCUT2D eigenvalue weighted by Gasteiger charge is -2.12. The number of aliphatic hydroxyl groups excluding tert-OH is 1. The molecule has 15 nitrogen and oxygen atoms in total. The number of hydrogen-bond acceptors (Lipinski definition) is 11. The largest absolute Gasteiger partial charge is 0.396 e. The van der Waals surface area contributed by atoms with Crippen LogP contribution in [0.3, 0.4) is 0 Å². The number of amides is 2. The molecule has 2 aliphatic carbocycles. The molecule has 0 unspecified atom stereocenters. The van der Waals surface area contributed by atoms with Crippen LogP contribution in [-0.2, 0) is 0 Å². The minimum atomic E-state index is -0.0498. The molecule has 4 heterocycles. The molecule has 15 heteroatoms. The van der Waals surface area contributed by atoms with Gasteiger partial charge >= 0.3 is 0 Å². The summed E-state index contributed by atoms with van der Waals surface area (Å²) in [4.78, 5) is 43.2. The second-order valence-electron chi connectivity index (χ2n) is 15.3. The van der Waals surface area contributed by atoms with Crippen LogP contribution in [0.1, 0.15) is 70.9 Å². The minimum Gasteiger partial charge on any atom is -0.396 e. The number of hydrogen-bond donors (Lipinski definition) is 5. The summed E-state index contributed by atoms with van der Waals surface area (Å²) in [6.07, 6.45) is 8.41. The van der Waals surface area contributed by atoms with E-state index in [1.165, 1.54) is 0 Å². The van der Waals surface area contributed by atoms with E-state index in [-0.39, 0.29) is 18.4 Å². The lowest BCUT2D eigenvalue weighted by molar-refractivity contribution is 0.0942. The highest BCUT2D eigenvalue weighted by Gasteiger charge is 2.25. The monoisotopic (exact) mass is 822 g/mol. The number of nitrogens with zero attached hydrogens (tertiary/aromatic N) is 8. The van der Waals surface area contributed by atoms with Crippen LogP contribution in [0.25, 0.3) is 55.9 Å². The molecule has 0 spiro atoms. The standard InChI is InChI=1S/C24H22N6O2.C23H20N6O/c25-13-15-2-9-20-19(12-15)29-22(26-10-1-11-31)23-27-14-21(30(20)23)16-3-5-17(6-4-16)24(32)28-18-7-8-18;1-2-25-21-22-26-13-20(29(22)19-10-3-14(12-24)11-18(19)28-21)15-4-6-16(7-5-15)23(30)27-17-8-9-17/h2-6,9,12,14,18,31H,1,7-8,10-11H2,(H,26,29)(H,28,32);3-7,10-11,13,17H,2,8-9H2,1H3,(H,25,28)(H,27,30). The molecule has 5 N–H and O–H groups in total. The third-order valence-electron chi connectivity index (χ3n) is 10.8. The van der Waals surface area contributed by atoms with Gasteiger partial charge in [0.25, 0.3) is 11.8 Å². The van der Waals surface area contributed by atoms with Crippen LogP contribution in [0.2, 0.25) is 0 Å². The lowest BCUT2D eigenvalue weighted by atomic mass is 10.1. The number of benzene rings is 4. The van der Waals surface area contributed by atoms with Crippen molar-refractivity contribution in [3.8, 4) is 34.7 Å². The zero-order chi connectivity index (χ0) is 42.7. The van der Waals surface area contributed by atoms with E-state index in [4.69, 9.17) is 5.11 Å². The molecule has 0 aliphatic heterocycles. The molecule has 8 aromatic rings. The zero-order valence-corrected chi connectivity index (χ0v) is 33.9. The summed E-state index contributed by atoms with van der Waals surface area (Å²) < 4.78 is 4.05. The number of aromatic nitrogens is 6. The maximum atomic E-state index is 12.3. The number of nitriles is 2. The number of nitrogens with one attached hydrogen (secondary N) is 4. The molecule has 308 valence electrons. The number of carbonyl (C=O) groups excluding carboxylic acids is 2. The molecule has 0 saturated heterocycles. The summed E-state index contributed by atoms with van der Waals surface area (Å²) in [7, 11) is 0. The van der Waals surface area contributed by atoms with Crippen LogP contribution in [0.15, 0.2) is 97.3 Å². The molecule has 0 radical (unpaired) electrons. The SMILES string of the molecule is CCNc1nc2cc(C#N)ccc2n2c(-c3ccc(C(=O)NC4CC4)cc3)cnc12.N#Cc1ccc2c(c1)nc(NCCCO)c1ncc(-c3ccc(C(=O)NC4CC4)cc3)n12. The van der Waals surface area contributed by atoms with Crippen molar-refractivity contribution in [2.24, 2.45) is 0 Å². The van der Waals surface area contributed by atoms with Crippen molar-refractivity contribution < 1.29 is 14.7 Å². The van der Waals surface area contributed by atoms with Crippen molar-refractivity contribution >= 4 is 56.8 Å². The van der Waals surface area contributed by atoms with Crippen molar-refractivity contribution in [3.05, 3.63) is 120 Å². The first-order chi connectivity index (χ1) is 30.3. The molecular weight excluding hydrogens is 781 g/mol. The molecular formula is C47H42N12O3. The van der Waals surface area contributed by atoms with Crippen molar-refractivity contribution in [3.63, 3.8) is 0 Å². The molecule has 4 aromatic carbocycles. The van der Waals surface area contributed by atoms with E-state index in [1.807, 2.05) is 82.6 Å². The highest BCUT2D eigenvalue weighted by atomic mass is 16.3. The van der Waals surface area contributed by atoms with E-state index in [2.05, 4.69) is 53.3 Å². The van der Waals surface area contributed by atoms with Gasteiger partial charge in [0.2, 0.25) is 0 Å². The summed E-state index contributed by atoms with van der Waals surface area (Å²) in [5.41, 5.74) is 10.5. The van der Waals surface area contributed by atoms with Crippen LogP contribution in [0.4, 0.5) is 11.6 Å². The number of carbonyl (C=O) groups is 2. The van der Waals surface area contributed by atoms with Crippen molar-refractivity contribution in [2.45, 2.75) is 51.1 Å². The van der Waals surface area contributed by atoms with Crippen molar-refractivity contribution in [1.29, 1.82) is 10.5 Å². The fourth-order valence-electron chi connectivity index (χ4n) is 7.28. The van der Waals surface area contributed by atoms with Crippen LogP contribution in [-0.4, -0.2) is 77.4 Å². The first-order valence-corrected chi connectivity index (χ1v) is 20.7. The Kier molecular flexibility index (Phi) is 10.9. The van der Waals surface area contributed by atoms with E-state index in [0.717, 1.165) is 70.4 Å². The molecule has 2 aliphatic rings. The zero-order valence-electron chi connectivity index (χ0n) is 33.9. The summed E-state index contributed by atoms with van der Waals surface area (Å²) in [6, 6.07) is 30.9. The van der Waals surface area contributed by atoms with E-state index >= 15 is 0 Å². The first kappa shape index (κ1) is 39.6. The van der Waals surface area contributed by atoms with Gasteiger partial charge in [0.05, 0.1) is 69.1 Å². The highest BCUT2D eigenvalue weighted by molar-refractivity contribution is 5.96. The predicted octanol–water partition coefficient (Wildman–Crippen LogP) is 6.85. The number of anilines is 2. The van der Waals surface area contributed by atoms with E-state index < -0.39 is 0 Å². The van der Waals surface area contributed by atoms with Gasteiger partial charge in [-0.2, -0.15) is 10.5 Å². The third kappa shape index (κ3) is 8.04. The second-order valence-corrected chi connectivity index (χ2v) is 15.3. The van der Waals surface area contributed by atoms with Crippen LogP contribution in [0, 0.1) is 22.7 Å². The molecule has 62 heavy (non-hydrogen) atoms. The topological polar surface area (TPSA) is 210 Å². The Morgan fingerprint density at radius 3 is 1.53 bits per heavy atom. The van der Waals surface area contributed by atoms with Crippen LogP contribution in [0.5, 0.6) is 0 Å². The van der Waals surface area contributed by atoms with Gasteiger partial charge < -0.3 is 26.4 Å². The summed E-state index contributed by atoms with van der Waals surface area (Å²) in [5.74, 6) is 1.18. The Morgan fingerprint density at radius 1 is 0.677 bits per heavy atom. The number of rotatable bonds is 12. The van der Waals surface area contributed by atoms with E-state index in [0.29, 0.717) is 76.6 Å². The minimum absolute atomic E-state index is 0.0321. The molecule has 2 saturated carbocycles. The molecule has 4 aromatic heterocycles. The maximum Gasteiger partial charge on any atom is 0.251 e. The number of aliphatic hydroxyl groups is 1. The van der Waals surface area contributed by atoms with Crippen LogP contribution < -0.4 is 21.3 Å². The first-order valence-electron chi connectivity index (χ1n) is 20.7. The Bertz CT molecular complexity index is 3080. The van der Waals surface area contributed by atoms with E-state index in [1.54, 1.807) is 30.5 Å². The summed E-state index contributed by atoms with van der Waals surface area (Å²) in [6.45, 7) is 3.34. The predicted molar refractivity (Wildman–Crippen MR) is 237 cm³/mol. The van der Waals surface area contributed by atoms with Crippen molar-refractivity contribution in [1.82, 2.24) is 39.4 Å². The molecule has 10 rings (SSSR count). The molecule has 0 atom stereocenters. The molecule has 2 fully saturated rings.